The van der Waals surface area contributed by atoms with Gasteiger partial charge in [0.15, 0.2) is 11.5 Å². The first kappa shape index (κ1) is 22.2. The minimum Gasteiger partial charge on any atom is -0.497 e. The lowest BCUT2D eigenvalue weighted by atomic mass is 10.1. The van der Waals surface area contributed by atoms with Crippen molar-refractivity contribution in [2.75, 3.05) is 32.9 Å². The minimum absolute atomic E-state index is 0.149. The molecule has 3 aromatic rings. The van der Waals surface area contributed by atoms with Gasteiger partial charge >= 0.3 is 0 Å². The molecule has 0 saturated heterocycles. The summed E-state index contributed by atoms with van der Waals surface area (Å²) in [5, 5.41) is 12.1. The molecule has 12 heteroatoms. The van der Waals surface area contributed by atoms with E-state index in [9.17, 15) is 9.59 Å². The highest BCUT2D eigenvalue weighted by atomic mass is 16.7. The van der Waals surface area contributed by atoms with Crippen LogP contribution in [-0.2, 0) is 9.59 Å². The quantitative estimate of drug-likeness (QED) is 0.541. The molecule has 2 amide bonds. The normalized spacial score (nSPS) is 14.5. The zero-order valence-electron chi connectivity index (χ0n) is 18.9. The number of hydrogen-bond acceptors (Lipinski definition) is 10. The summed E-state index contributed by atoms with van der Waals surface area (Å²) >= 11 is 0. The molecule has 180 valence electrons. The van der Waals surface area contributed by atoms with Gasteiger partial charge in [-0.2, -0.15) is 10.1 Å². The maximum absolute atomic E-state index is 12.7. The molecule has 2 aromatic carbocycles. The molecule has 0 atom stereocenters. The molecule has 0 spiro atoms. The number of carbonyl (C=O) groups is 2. The Hall–Kier alpha value is -4.61. The van der Waals surface area contributed by atoms with E-state index in [1.807, 2.05) is 0 Å². The van der Waals surface area contributed by atoms with E-state index in [2.05, 4.69) is 20.6 Å². The Balaban J connectivity index is 1.31. The fourth-order valence-electron chi connectivity index (χ4n) is 3.61. The van der Waals surface area contributed by atoms with E-state index in [1.165, 1.54) is 14.2 Å². The molecule has 0 fully saturated rings. The van der Waals surface area contributed by atoms with Crippen LogP contribution in [0.4, 0.5) is 5.69 Å². The fourth-order valence-corrected chi connectivity index (χ4v) is 3.61. The highest BCUT2D eigenvalue weighted by Crippen LogP contribution is 2.35. The molecule has 0 bridgehead atoms. The Morgan fingerprint density at radius 3 is 2.77 bits per heavy atom. The van der Waals surface area contributed by atoms with Crippen LogP contribution in [0.3, 0.4) is 0 Å². The van der Waals surface area contributed by atoms with Crippen LogP contribution >= 0.6 is 0 Å². The number of aromatic nitrogens is 2. The van der Waals surface area contributed by atoms with E-state index in [-0.39, 0.29) is 31.6 Å². The third kappa shape index (κ3) is 4.58. The van der Waals surface area contributed by atoms with E-state index in [0.29, 0.717) is 52.2 Å². The summed E-state index contributed by atoms with van der Waals surface area (Å²) < 4.78 is 26.6. The van der Waals surface area contributed by atoms with Crippen molar-refractivity contribution in [3.63, 3.8) is 0 Å². The van der Waals surface area contributed by atoms with E-state index in [0.717, 1.165) is 5.01 Å². The van der Waals surface area contributed by atoms with Crippen LogP contribution in [0.2, 0.25) is 0 Å². The molecular weight excluding hydrogens is 458 g/mol. The number of benzene rings is 2. The van der Waals surface area contributed by atoms with Gasteiger partial charge < -0.3 is 28.8 Å². The number of amides is 2. The number of anilines is 1. The van der Waals surface area contributed by atoms with Gasteiger partial charge in [-0.1, -0.05) is 5.16 Å². The summed E-state index contributed by atoms with van der Waals surface area (Å²) in [6.45, 7) is -0.138. The maximum atomic E-state index is 12.7. The molecule has 1 N–H and O–H groups in total. The topological polar surface area (TPSA) is 138 Å². The Kier molecular flexibility index (Phi) is 5.92. The number of nitrogens with one attached hydrogen (secondary N) is 1. The van der Waals surface area contributed by atoms with Crippen LogP contribution in [0.25, 0.3) is 11.4 Å². The van der Waals surface area contributed by atoms with Gasteiger partial charge in [0.1, 0.15) is 23.8 Å². The van der Waals surface area contributed by atoms with Crippen molar-refractivity contribution in [2.45, 2.75) is 12.8 Å². The van der Waals surface area contributed by atoms with Crippen molar-refractivity contribution >= 4 is 23.2 Å². The van der Waals surface area contributed by atoms with Gasteiger partial charge in [-0.25, -0.2) is 5.01 Å². The second-order valence-electron chi connectivity index (χ2n) is 7.60. The Labute approximate surface area is 199 Å². The number of hydrogen-bond donors (Lipinski definition) is 1. The largest absolute Gasteiger partial charge is 0.497 e. The lowest BCUT2D eigenvalue weighted by molar-refractivity contribution is -0.135. The highest BCUT2D eigenvalue weighted by Gasteiger charge is 2.27. The summed E-state index contributed by atoms with van der Waals surface area (Å²) in [6.07, 6.45) is 0.458. The molecule has 1 aromatic heterocycles. The van der Waals surface area contributed by atoms with Crippen molar-refractivity contribution in [1.82, 2.24) is 15.1 Å². The summed E-state index contributed by atoms with van der Waals surface area (Å²) in [6, 6.07) is 10.3. The molecule has 5 rings (SSSR count). The number of nitrogens with zero attached hydrogens (tertiary/aromatic N) is 4. The molecular formula is C23H21N5O7. The van der Waals surface area contributed by atoms with Gasteiger partial charge in [-0.3, -0.25) is 9.59 Å². The smallest absolute Gasteiger partial charge is 0.274 e. The zero-order chi connectivity index (χ0) is 24.4. The molecule has 0 radical (unpaired) electrons. The van der Waals surface area contributed by atoms with Crippen LogP contribution in [0.1, 0.15) is 18.7 Å². The predicted octanol–water partition coefficient (Wildman–Crippen LogP) is 2.45. The van der Waals surface area contributed by atoms with Crippen LogP contribution in [-0.4, -0.2) is 60.2 Å². The number of hydrazone groups is 1. The van der Waals surface area contributed by atoms with Crippen molar-refractivity contribution in [2.24, 2.45) is 5.10 Å². The number of fused-ring (bicyclic) bond motifs is 1. The van der Waals surface area contributed by atoms with Crippen molar-refractivity contribution in [3.05, 3.63) is 42.3 Å². The van der Waals surface area contributed by atoms with Gasteiger partial charge in [0.05, 0.1) is 19.9 Å². The molecule has 0 saturated carbocycles. The summed E-state index contributed by atoms with van der Waals surface area (Å²) in [5.74, 6) is 2.00. The van der Waals surface area contributed by atoms with Gasteiger partial charge in [0, 0.05) is 24.5 Å². The average molecular weight is 479 g/mol. The molecule has 2 aliphatic rings. The number of ether oxygens (including phenoxy) is 4. The molecule has 35 heavy (non-hydrogen) atoms. The molecule has 12 nitrogen and oxygen atoms in total. The van der Waals surface area contributed by atoms with Gasteiger partial charge in [0.25, 0.3) is 5.89 Å². The van der Waals surface area contributed by atoms with Crippen molar-refractivity contribution < 1.29 is 33.1 Å². The molecule has 3 heterocycles. The zero-order valence-corrected chi connectivity index (χ0v) is 18.9. The van der Waals surface area contributed by atoms with Gasteiger partial charge in [0.2, 0.25) is 24.4 Å². The van der Waals surface area contributed by atoms with E-state index in [4.69, 9.17) is 23.5 Å². The fraction of sp³-hybridized carbons (Fsp3) is 0.261. The Bertz CT molecular complexity index is 1320. The first-order chi connectivity index (χ1) is 17.0. The highest BCUT2D eigenvalue weighted by molar-refractivity contribution is 6.02. The summed E-state index contributed by atoms with van der Waals surface area (Å²) in [7, 11) is 3.01. The van der Waals surface area contributed by atoms with Gasteiger partial charge in [-0.05, 0) is 30.3 Å². The number of carbonyl (C=O) groups excluding carboxylic acids is 2. The van der Waals surface area contributed by atoms with Crippen LogP contribution < -0.4 is 24.3 Å². The Morgan fingerprint density at radius 1 is 1.09 bits per heavy atom. The van der Waals surface area contributed by atoms with E-state index < -0.39 is 5.91 Å². The standard InChI is InChI=1S/C23H21N5O7/c1-31-14-4-7-17(32-2)16(10-14)24-20(29)11-28-21(30)8-5-15(26-28)23-25-22(27-35-23)13-3-6-18-19(9-13)34-12-33-18/h3-4,6-7,9-10H,5,8,11-12H2,1-2H3,(H,24,29). The van der Waals surface area contributed by atoms with Crippen LogP contribution in [0, 0.1) is 0 Å². The second-order valence-corrected chi connectivity index (χ2v) is 7.60. The average Bonchev–Trinajstić information content (AvgIpc) is 3.55. The summed E-state index contributed by atoms with van der Waals surface area (Å²) in [5.41, 5.74) is 1.51. The second kappa shape index (κ2) is 9.33. The molecule has 0 unspecified atom stereocenters. The van der Waals surface area contributed by atoms with E-state index in [1.54, 1.807) is 36.4 Å². The Morgan fingerprint density at radius 2 is 1.94 bits per heavy atom. The van der Waals surface area contributed by atoms with Crippen molar-refractivity contribution in [3.8, 4) is 34.4 Å². The number of methoxy groups -OCH3 is 2. The van der Waals surface area contributed by atoms with Crippen LogP contribution in [0.15, 0.2) is 46.0 Å². The first-order valence-corrected chi connectivity index (χ1v) is 10.7. The predicted molar refractivity (Wildman–Crippen MR) is 122 cm³/mol. The van der Waals surface area contributed by atoms with Crippen LogP contribution in [0.5, 0.6) is 23.0 Å². The van der Waals surface area contributed by atoms with Crippen molar-refractivity contribution in [1.29, 1.82) is 0 Å². The molecule has 2 aliphatic heterocycles. The minimum atomic E-state index is -0.457. The third-order valence-corrected chi connectivity index (χ3v) is 5.38. The number of rotatable bonds is 7. The maximum Gasteiger partial charge on any atom is 0.274 e. The molecule has 0 aliphatic carbocycles. The lowest BCUT2D eigenvalue weighted by Gasteiger charge is -2.22. The van der Waals surface area contributed by atoms with E-state index >= 15 is 0 Å². The van der Waals surface area contributed by atoms with Gasteiger partial charge in [-0.15, -0.1) is 0 Å². The monoisotopic (exact) mass is 479 g/mol. The third-order valence-electron chi connectivity index (χ3n) is 5.38. The SMILES string of the molecule is COc1ccc(OC)c(NC(=O)CN2N=C(c3nc(-c4ccc5c(c4)OCO5)no3)CCC2=O)c1. The lowest BCUT2D eigenvalue weighted by Crippen LogP contribution is -2.38. The summed E-state index contributed by atoms with van der Waals surface area (Å²) in [4.78, 5) is 29.5. The first-order valence-electron chi connectivity index (χ1n) is 10.7.